The molecule has 2 heterocycles. The summed E-state index contributed by atoms with van der Waals surface area (Å²) in [6.45, 7) is 5.03. The summed E-state index contributed by atoms with van der Waals surface area (Å²) in [5, 5.41) is 9.55. The van der Waals surface area contributed by atoms with Gasteiger partial charge in [0.2, 0.25) is 11.9 Å². The quantitative estimate of drug-likeness (QED) is 0.362. The highest BCUT2D eigenvalue weighted by Crippen LogP contribution is 2.36. The van der Waals surface area contributed by atoms with Crippen molar-refractivity contribution in [2.75, 3.05) is 41.5 Å². The lowest BCUT2D eigenvalue weighted by Crippen LogP contribution is -2.35. The highest BCUT2D eigenvalue weighted by molar-refractivity contribution is 7.91. The molecule has 0 saturated carbocycles. The molecule has 37 heavy (non-hydrogen) atoms. The molecule has 4 rings (SSSR count). The van der Waals surface area contributed by atoms with Gasteiger partial charge < -0.3 is 25.6 Å². The SMILES string of the molecule is CCCS(=O)(=O)c1ccccc1Nc1nc(Nc2cc3c(cc2OC)CNCC(=O)N3CC)ncc1Cl. The molecule has 196 valence electrons. The third kappa shape index (κ3) is 5.79. The number of hydrogen-bond acceptors (Lipinski definition) is 9. The average molecular weight is 545 g/mol. The number of sulfone groups is 1. The lowest BCUT2D eigenvalue weighted by atomic mass is 10.1. The third-order valence-electron chi connectivity index (χ3n) is 5.84. The second-order valence-electron chi connectivity index (χ2n) is 8.38. The van der Waals surface area contributed by atoms with Gasteiger partial charge in [0.1, 0.15) is 10.8 Å². The van der Waals surface area contributed by atoms with Crippen LogP contribution in [0.25, 0.3) is 0 Å². The third-order valence-corrected chi connectivity index (χ3v) is 8.09. The lowest BCUT2D eigenvalue weighted by molar-refractivity contribution is -0.117. The Bertz CT molecular complexity index is 1420. The largest absolute Gasteiger partial charge is 0.495 e. The summed E-state index contributed by atoms with van der Waals surface area (Å²) in [6.07, 6.45) is 1.92. The Kier molecular flexibility index (Phi) is 8.16. The Hall–Kier alpha value is -3.41. The molecule has 0 aliphatic carbocycles. The molecular weight excluding hydrogens is 516 g/mol. The minimum absolute atomic E-state index is 0.0247. The zero-order valence-corrected chi connectivity index (χ0v) is 22.4. The van der Waals surface area contributed by atoms with Crippen LogP contribution in [0.5, 0.6) is 5.75 Å². The van der Waals surface area contributed by atoms with E-state index in [0.29, 0.717) is 36.6 Å². The molecule has 0 bridgehead atoms. The van der Waals surface area contributed by atoms with E-state index < -0.39 is 9.84 Å². The first-order valence-electron chi connectivity index (χ1n) is 11.9. The number of carbonyl (C=O) groups excluding carboxylic acids is 1. The van der Waals surface area contributed by atoms with Crippen LogP contribution in [-0.2, 0) is 21.2 Å². The molecule has 3 N–H and O–H groups in total. The van der Waals surface area contributed by atoms with E-state index in [0.717, 1.165) is 11.3 Å². The van der Waals surface area contributed by atoms with Crippen molar-refractivity contribution in [3.63, 3.8) is 0 Å². The number of methoxy groups -OCH3 is 1. The van der Waals surface area contributed by atoms with Crippen molar-refractivity contribution in [2.24, 2.45) is 0 Å². The first-order chi connectivity index (χ1) is 17.8. The molecule has 2 aromatic carbocycles. The van der Waals surface area contributed by atoms with Crippen molar-refractivity contribution in [1.29, 1.82) is 0 Å². The number of nitrogens with one attached hydrogen (secondary N) is 3. The van der Waals surface area contributed by atoms with Crippen LogP contribution in [-0.4, -0.2) is 50.2 Å². The van der Waals surface area contributed by atoms with E-state index in [1.54, 1.807) is 36.3 Å². The van der Waals surface area contributed by atoms with Crippen LogP contribution in [0.2, 0.25) is 5.02 Å². The maximum Gasteiger partial charge on any atom is 0.240 e. The fourth-order valence-electron chi connectivity index (χ4n) is 4.13. The summed E-state index contributed by atoms with van der Waals surface area (Å²) >= 11 is 6.36. The first-order valence-corrected chi connectivity index (χ1v) is 13.9. The van der Waals surface area contributed by atoms with Crippen molar-refractivity contribution in [2.45, 2.75) is 31.7 Å². The number of benzene rings is 2. The highest BCUT2D eigenvalue weighted by atomic mass is 35.5. The van der Waals surface area contributed by atoms with Gasteiger partial charge in [0, 0.05) is 13.1 Å². The van der Waals surface area contributed by atoms with Gasteiger partial charge in [-0.15, -0.1) is 0 Å². The molecule has 1 aromatic heterocycles. The monoisotopic (exact) mass is 544 g/mol. The number of likely N-dealkylation sites (N-methyl/N-ethyl adjacent to an activating group) is 1. The molecule has 3 aromatic rings. The second-order valence-corrected chi connectivity index (χ2v) is 10.9. The van der Waals surface area contributed by atoms with Crippen molar-refractivity contribution >= 4 is 56.2 Å². The van der Waals surface area contributed by atoms with E-state index in [4.69, 9.17) is 16.3 Å². The molecule has 10 nitrogen and oxygen atoms in total. The molecule has 1 amide bonds. The number of fused-ring (bicyclic) bond motifs is 1. The smallest absolute Gasteiger partial charge is 0.240 e. The van der Waals surface area contributed by atoms with Gasteiger partial charge >= 0.3 is 0 Å². The normalized spacial score (nSPS) is 13.6. The summed E-state index contributed by atoms with van der Waals surface area (Å²) in [6, 6.07) is 10.3. The lowest BCUT2D eigenvalue weighted by Gasteiger charge is -2.23. The summed E-state index contributed by atoms with van der Waals surface area (Å²) in [5.74, 6) is 1.00. The number of anilines is 5. The van der Waals surface area contributed by atoms with Gasteiger partial charge in [0.25, 0.3) is 0 Å². The predicted octanol–water partition coefficient (Wildman–Crippen LogP) is 4.27. The second kappa shape index (κ2) is 11.3. The molecule has 1 aliphatic heterocycles. The summed E-state index contributed by atoms with van der Waals surface area (Å²) in [7, 11) is -1.93. The van der Waals surface area contributed by atoms with Gasteiger partial charge in [-0.1, -0.05) is 30.7 Å². The van der Waals surface area contributed by atoms with E-state index in [2.05, 4.69) is 25.9 Å². The van der Waals surface area contributed by atoms with Gasteiger partial charge in [-0.2, -0.15) is 4.98 Å². The van der Waals surface area contributed by atoms with Crippen LogP contribution < -0.4 is 25.6 Å². The van der Waals surface area contributed by atoms with Crippen molar-refractivity contribution in [1.82, 2.24) is 15.3 Å². The van der Waals surface area contributed by atoms with E-state index in [9.17, 15) is 13.2 Å². The number of amides is 1. The topological polar surface area (TPSA) is 126 Å². The highest BCUT2D eigenvalue weighted by Gasteiger charge is 2.23. The van der Waals surface area contributed by atoms with Crippen LogP contribution in [0.3, 0.4) is 0 Å². The Labute approximate surface area is 221 Å². The number of hydrogen-bond donors (Lipinski definition) is 3. The van der Waals surface area contributed by atoms with Crippen LogP contribution in [0, 0.1) is 0 Å². The molecular formula is C25H29ClN6O4S. The first kappa shape index (κ1) is 26.6. The minimum Gasteiger partial charge on any atom is -0.495 e. The van der Waals surface area contributed by atoms with E-state index in [-0.39, 0.29) is 39.9 Å². The fraction of sp³-hybridized carbons (Fsp3) is 0.320. The predicted molar refractivity (Wildman–Crippen MR) is 145 cm³/mol. The number of ether oxygens (including phenoxy) is 1. The van der Waals surface area contributed by atoms with E-state index in [1.165, 1.54) is 6.20 Å². The number of aromatic nitrogens is 2. The van der Waals surface area contributed by atoms with Gasteiger partial charge in [0.15, 0.2) is 15.7 Å². The molecule has 0 unspecified atom stereocenters. The number of rotatable bonds is 9. The maximum atomic E-state index is 12.8. The van der Waals surface area contributed by atoms with E-state index >= 15 is 0 Å². The molecule has 0 spiro atoms. The van der Waals surface area contributed by atoms with Gasteiger partial charge in [0.05, 0.1) is 47.6 Å². The summed E-state index contributed by atoms with van der Waals surface area (Å²) in [4.78, 5) is 23.2. The zero-order valence-electron chi connectivity index (χ0n) is 20.8. The molecule has 0 radical (unpaired) electrons. The summed E-state index contributed by atoms with van der Waals surface area (Å²) in [5.41, 5.74) is 2.63. The fourth-order valence-corrected chi connectivity index (χ4v) is 5.77. The average Bonchev–Trinajstić information content (AvgIpc) is 3.03. The Balaban J connectivity index is 1.69. The van der Waals surface area contributed by atoms with Crippen LogP contribution in [0.4, 0.5) is 28.8 Å². The minimum atomic E-state index is -3.48. The van der Waals surface area contributed by atoms with Crippen LogP contribution in [0.15, 0.2) is 47.5 Å². The Morgan fingerprint density at radius 1 is 1.14 bits per heavy atom. The molecule has 12 heteroatoms. The molecule has 0 fully saturated rings. The van der Waals surface area contributed by atoms with Gasteiger partial charge in [-0.25, -0.2) is 13.4 Å². The summed E-state index contributed by atoms with van der Waals surface area (Å²) < 4.78 is 31.1. The number of carbonyl (C=O) groups is 1. The maximum absolute atomic E-state index is 12.8. The van der Waals surface area contributed by atoms with Crippen molar-refractivity contribution < 1.29 is 17.9 Å². The van der Waals surface area contributed by atoms with Gasteiger partial charge in [-0.3, -0.25) is 4.79 Å². The number of para-hydroxylation sites is 1. The van der Waals surface area contributed by atoms with Gasteiger partial charge in [-0.05, 0) is 43.2 Å². The number of halogens is 1. The Morgan fingerprint density at radius 3 is 2.65 bits per heavy atom. The molecule has 0 atom stereocenters. The van der Waals surface area contributed by atoms with Crippen molar-refractivity contribution in [3.05, 3.63) is 53.2 Å². The Morgan fingerprint density at radius 2 is 1.92 bits per heavy atom. The number of nitrogens with zero attached hydrogens (tertiary/aromatic N) is 3. The molecule has 0 saturated heterocycles. The van der Waals surface area contributed by atoms with Crippen molar-refractivity contribution in [3.8, 4) is 5.75 Å². The zero-order chi connectivity index (χ0) is 26.6. The standard InChI is InChI=1S/C25H29ClN6O4S/c1-4-10-37(34,35)22-9-7-6-8-18(22)29-24-17(26)14-28-25(31-24)30-19-12-20-16(11-21(19)36-3)13-27-15-23(33)32(20)5-2/h6-9,11-12,14,27H,4-5,10,13,15H2,1-3H3,(H2,28,29,30,31). The van der Waals surface area contributed by atoms with E-state index in [1.807, 2.05) is 26.0 Å². The van der Waals surface area contributed by atoms with Crippen LogP contribution >= 0.6 is 11.6 Å². The van der Waals surface area contributed by atoms with Crippen LogP contribution in [0.1, 0.15) is 25.8 Å². The molecule has 1 aliphatic rings.